The van der Waals surface area contributed by atoms with Crippen molar-refractivity contribution in [1.82, 2.24) is 9.38 Å². The number of aromatic amines is 1. The van der Waals surface area contributed by atoms with Crippen molar-refractivity contribution < 1.29 is 4.42 Å². The van der Waals surface area contributed by atoms with Crippen LogP contribution in [0.3, 0.4) is 0 Å². The Morgan fingerprint density at radius 2 is 2.13 bits per heavy atom. The molecule has 0 saturated carbocycles. The number of hydrogen-bond donors (Lipinski definition) is 1. The van der Waals surface area contributed by atoms with E-state index in [-0.39, 0.29) is 0 Å². The van der Waals surface area contributed by atoms with Crippen LogP contribution in [0, 0.1) is 4.77 Å². The van der Waals surface area contributed by atoms with Gasteiger partial charge in [-0.1, -0.05) is 6.07 Å². The minimum absolute atomic E-state index is 0.678. The highest BCUT2D eigenvalue weighted by Crippen LogP contribution is 2.23. The normalized spacial score (nSPS) is 10.9. The lowest BCUT2D eigenvalue weighted by atomic mass is 10.3. The average molecular weight is 216 g/mol. The summed E-state index contributed by atoms with van der Waals surface area (Å²) in [6, 6.07) is 9.70. The zero-order chi connectivity index (χ0) is 10.3. The van der Waals surface area contributed by atoms with Gasteiger partial charge in [0, 0.05) is 6.20 Å². The number of pyridine rings is 1. The Balaban J connectivity index is 2.42. The minimum atomic E-state index is 0.678. The predicted octanol–water partition coefficient (Wildman–Crippen LogP) is 3.26. The molecule has 0 aliphatic heterocycles. The minimum Gasteiger partial charge on any atom is -0.463 e. The third-order valence-electron chi connectivity index (χ3n) is 2.33. The second-order valence-electron chi connectivity index (χ2n) is 3.24. The number of nitrogens with one attached hydrogen (secondary N) is 1. The second kappa shape index (κ2) is 3.10. The first-order chi connectivity index (χ1) is 7.36. The van der Waals surface area contributed by atoms with Crippen LogP contribution in [0.1, 0.15) is 0 Å². The average Bonchev–Trinajstić information content (AvgIpc) is 2.87. The number of nitrogens with zero attached hydrogens (tertiary/aromatic N) is 1. The molecule has 0 unspecified atom stereocenters. The van der Waals surface area contributed by atoms with Crippen LogP contribution in [0.4, 0.5) is 0 Å². The van der Waals surface area contributed by atoms with Crippen molar-refractivity contribution >= 4 is 17.7 Å². The van der Waals surface area contributed by atoms with E-state index in [1.54, 1.807) is 6.26 Å². The standard InChI is InChI=1S/C11H8N2OS/c15-11-12-10(9-5-3-7-14-9)8-4-1-2-6-13(8)11/h1-7H,(H,12,15). The van der Waals surface area contributed by atoms with Crippen molar-refractivity contribution in [3.63, 3.8) is 0 Å². The van der Waals surface area contributed by atoms with Gasteiger partial charge in [-0.2, -0.15) is 0 Å². The van der Waals surface area contributed by atoms with E-state index in [1.807, 2.05) is 40.9 Å². The zero-order valence-corrected chi connectivity index (χ0v) is 8.62. The molecular formula is C11H8N2OS. The molecule has 4 heteroatoms. The summed E-state index contributed by atoms with van der Waals surface area (Å²) in [5, 5.41) is 0. The molecule has 3 aromatic heterocycles. The quantitative estimate of drug-likeness (QED) is 0.633. The van der Waals surface area contributed by atoms with Crippen molar-refractivity contribution in [2.45, 2.75) is 0 Å². The molecule has 0 bridgehead atoms. The SMILES string of the molecule is S=c1[nH]c(-c2ccco2)c2ccccn12. The first kappa shape index (κ1) is 8.49. The number of imidazole rings is 1. The van der Waals surface area contributed by atoms with Gasteiger partial charge in [-0.15, -0.1) is 0 Å². The van der Waals surface area contributed by atoms with Gasteiger partial charge in [-0.25, -0.2) is 0 Å². The Labute approximate surface area is 91.0 Å². The van der Waals surface area contributed by atoms with Crippen LogP contribution in [0.25, 0.3) is 17.0 Å². The molecule has 0 spiro atoms. The Hall–Kier alpha value is -1.81. The summed E-state index contributed by atoms with van der Waals surface area (Å²) in [5.41, 5.74) is 1.95. The van der Waals surface area contributed by atoms with Crippen LogP contribution in [0.5, 0.6) is 0 Å². The van der Waals surface area contributed by atoms with Gasteiger partial charge in [-0.3, -0.25) is 4.40 Å². The fourth-order valence-electron chi connectivity index (χ4n) is 1.66. The molecule has 1 N–H and O–H groups in total. The van der Waals surface area contributed by atoms with E-state index in [1.165, 1.54) is 0 Å². The van der Waals surface area contributed by atoms with Crippen molar-refractivity contribution in [3.05, 3.63) is 47.6 Å². The molecule has 3 rings (SSSR count). The number of aromatic nitrogens is 2. The molecule has 3 aromatic rings. The van der Waals surface area contributed by atoms with E-state index in [0.29, 0.717) is 4.77 Å². The fraction of sp³-hybridized carbons (Fsp3) is 0. The Morgan fingerprint density at radius 3 is 2.93 bits per heavy atom. The molecule has 0 aromatic carbocycles. The highest BCUT2D eigenvalue weighted by atomic mass is 32.1. The molecule has 0 amide bonds. The summed E-state index contributed by atoms with van der Waals surface area (Å²) in [7, 11) is 0. The number of hydrogen-bond acceptors (Lipinski definition) is 2. The Bertz CT molecular complexity index is 649. The number of H-pyrrole nitrogens is 1. The first-order valence-corrected chi connectivity index (χ1v) is 5.00. The Morgan fingerprint density at radius 1 is 1.20 bits per heavy atom. The molecule has 0 atom stereocenters. The maximum atomic E-state index is 5.35. The summed E-state index contributed by atoms with van der Waals surface area (Å²) in [4.78, 5) is 3.14. The topological polar surface area (TPSA) is 33.3 Å². The van der Waals surface area contributed by atoms with Crippen LogP contribution < -0.4 is 0 Å². The number of rotatable bonds is 1. The third-order valence-corrected chi connectivity index (χ3v) is 2.63. The van der Waals surface area contributed by atoms with Crippen molar-refractivity contribution in [2.24, 2.45) is 0 Å². The summed E-state index contributed by atoms with van der Waals surface area (Å²) in [6.07, 6.45) is 3.58. The summed E-state index contributed by atoms with van der Waals surface area (Å²) >= 11 is 5.21. The second-order valence-corrected chi connectivity index (χ2v) is 3.63. The molecule has 0 radical (unpaired) electrons. The Kier molecular flexibility index (Phi) is 1.76. The van der Waals surface area contributed by atoms with Gasteiger partial charge in [0.05, 0.1) is 11.8 Å². The van der Waals surface area contributed by atoms with Gasteiger partial charge in [0.25, 0.3) is 0 Å². The molecule has 0 aliphatic carbocycles. The molecule has 0 saturated heterocycles. The van der Waals surface area contributed by atoms with Crippen molar-refractivity contribution in [1.29, 1.82) is 0 Å². The molecule has 0 aliphatic rings. The van der Waals surface area contributed by atoms with Crippen LogP contribution >= 0.6 is 12.2 Å². The maximum absolute atomic E-state index is 5.35. The third kappa shape index (κ3) is 1.22. The molecule has 74 valence electrons. The van der Waals surface area contributed by atoms with E-state index >= 15 is 0 Å². The lowest BCUT2D eigenvalue weighted by Crippen LogP contribution is -1.80. The summed E-state index contributed by atoms with van der Waals surface area (Å²) < 4.78 is 7.95. The van der Waals surface area contributed by atoms with Gasteiger partial charge in [0.1, 0.15) is 5.69 Å². The first-order valence-electron chi connectivity index (χ1n) is 4.59. The lowest BCUT2D eigenvalue weighted by molar-refractivity contribution is 0.581. The van der Waals surface area contributed by atoms with Gasteiger partial charge in [0.2, 0.25) is 0 Å². The van der Waals surface area contributed by atoms with Gasteiger partial charge in [-0.05, 0) is 36.5 Å². The number of fused-ring (bicyclic) bond motifs is 1. The smallest absolute Gasteiger partial charge is 0.182 e. The predicted molar refractivity (Wildman–Crippen MR) is 60.3 cm³/mol. The highest BCUT2D eigenvalue weighted by Gasteiger charge is 2.08. The maximum Gasteiger partial charge on any atom is 0.182 e. The van der Waals surface area contributed by atoms with Crippen LogP contribution in [-0.2, 0) is 0 Å². The molecule has 3 heterocycles. The summed E-state index contributed by atoms with van der Waals surface area (Å²) in [6.45, 7) is 0. The van der Waals surface area contributed by atoms with E-state index in [2.05, 4.69) is 4.98 Å². The zero-order valence-electron chi connectivity index (χ0n) is 7.81. The number of furan rings is 1. The molecule has 3 nitrogen and oxygen atoms in total. The largest absolute Gasteiger partial charge is 0.463 e. The van der Waals surface area contributed by atoms with Gasteiger partial charge in [0.15, 0.2) is 10.5 Å². The van der Waals surface area contributed by atoms with Gasteiger partial charge >= 0.3 is 0 Å². The van der Waals surface area contributed by atoms with Gasteiger partial charge < -0.3 is 9.40 Å². The van der Waals surface area contributed by atoms with E-state index in [9.17, 15) is 0 Å². The summed E-state index contributed by atoms with van der Waals surface area (Å²) in [5.74, 6) is 0.801. The lowest BCUT2D eigenvalue weighted by Gasteiger charge is -1.94. The monoisotopic (exact) mass is 216 g/mol. The van der Waals surface area contributed by atoms with Crippen LogP contribution in [0.2, 0.25) is 0 Å². The molecule has 0 fully saturated rings. The molecular weight excluding hydrogens is 208 g/mol. The van der Waals surface area contributed by atoms with E-state index < -0.39 is 0 Å². The fourth-order valence-corrected chi connectivity index (χ4v) is 1.93. The van der Waals surface area contributed by atoms with Crippen molar-refractivity contribution in [3.8, 4) is 11.5 Å². The van der Waals surface area contributed by atoms with E-state index in [4.69, 9.17) is 16.6 Å². The highest BCUT2D eigenvalue weighted by molar-refractivity contribution is 7.71. The van der Waals surface area contributed by atoms with Crippen LogP contribution in [-0.4, -0.2) is 9.38 Å². The van der Waals surface area contributed by atoms with Crippen LogP contribution in [0.15, 0.2) is 47.2 Å². The van der Waals surface area contributed by atoms with E-state index in [0.717, 1.165) is 17.0 Å². The van der Waals surface area contributed by atoms with Crippen molar-refractivity contribution in [2.75, 3.05) is 0 Å². The molecule has 15 heavy (non-hydrogen) atoms.